The maximum atomic E-state index is 13.2. The summed E-state index contributed by atoms with van der Waals surface area (Å²) in [7, 11) is 0. The first-order valence-corrected chi connectivity index (χ1v) is 12.5. The molecule has 2 saturated carbocycles. The van der Waals surface area contributed by atoms with Crippen molar-refractivity contribution in [1.29, 1.82) is 0 Å². The highest BCUT2D eigenvalue weighted by Gasteiger charge is 2.70. The minimum atomic E-state index is -1.16. The molecule has 2 amide bonds. The Hall–Kier alpha value is -1.91. The summed E-state index contributed by atoms with van der Waals surface area (Å²) in [6.45, 7) is 1.40. The third-order valence-corrected chi connectivity index (χ3v) is 10.9. The fraction of sp³-hybridized carbons (Fsp3) is 0.500. The Morgan fingerprint density at radius 1 is 1.23 bits per heavy atom. The van der Waals surface area contributed by atoms with Crippen LogP contribution in [0, 0.1) is 29.6 Å². The topological polar surface area (TPSA) is 108 Å². The lowest BCUT2D eigenvalue weighted by Crippen LogP contribution is -2.44. The summed E-state index contributed by atoms with van der Waals surface area (Å²) in [6, 6.07) is 2.94. The number of thiophene rings is 1. The summed E-state index contributed by atoms with van der Waals surface area (Å²) < 4.78 is 0. The van der Waals surface area contributed by atoms with Gasteiger partial charge in [-0.2, -0.15) is 0 Å². The number of likely N-dealkylation sites (tertiary alicyclic amines) is 1. The highest BCUT2D eigenvalue weighted by atomic mass is 32.2. The van der Waals surface area contributed by atoms with Gasteiger partial charge in [-0.15, -0.1) is 23.1 Å². The number of thioether (sulfide) groups is 1. The van der Waals surface area contributed by atoms with E-state index >= 15 is 0 Å². The normalized spacial score (nSPS) is 37.2. The minimum Gasteiger partial charge on any atom is -0.480 e. The Kier molecular flexibility index (Phi) is 3.96. The molecule has 30 heavy (non-hydrogen) atoms. The smallest absolute Gasteiger partial charge is 0.326 e. The van der Waals surface area contributed by atoms with Crippen molar-refractivity contribution in [2.45, 2.75) is 35.6 Å². The molecule has 2 aliphatic carbocycles. The maximum absolute atomic E-state index is 13.2. The first kappa shape index (κ1) is 18.8. The lowest BCUT2D eigenvalue weighted by molar-refractivity contribution is -0.154. The Morgan fingerprint density at radius 3 is 2.63 bits per heavy atom. The molecule has 8 atom stereocenters. The van der Waals surface area contributed by atoms with E-state index in [9.17, 15) is 24.3 Å². The molecule has 2 aromatic heterocycles. The molecule has 2 N–H and O–H groups in total. The van der Waals surface area contributed by atoms with Gasteiger partial charge < -0.3 is 10.1 Å². The summed E-state index contributed by atoms with van der Waals surface area (Å²) in [5.74, 6) is -2.44. The number of carbonyl (C=O) groups excluding carboxylic acids is 2. The monoisotopic (exact) mass is 462 g/mol. The van der Waals surface area contributed by atoms with Gasteiger partial charge >= 0.3 is 10.8 Å². The zero-order chi connectivity index (χ0) is 20.9. The Labute approximate surface area is 183 Å². The molecule has 2 aliphatic heterocycles. The van der Waals surface area contributed by atoms with Crippen LogP contribution >= 0.6 is 34.4 Å². The number of aliphatic carboxylic acids is 1. The minimum absolute atomic E-state index is 0.0245. The van der Waals surface area contributed by atoms with Crippen LogP contribution in [-0.4, -0.2) is 44.1 Å². The highest BCUT2D eigenvalue weighted by molar-refractivity contribution is 8.00. The van der Waals surface area contributed by atoms with E-state index in [0.717, 1.165) is 21.2 Å². The molecule has 2 aromatic rings. The number of hydrogen-bond donors (Lipinski definition) is 2. The van der Waals surface area contributed by atoms with E-state index in [4.69, 9.17) is 0 Å². The summed E-state index contributed by atoms with van der Waals surface area (Å²) in [4.78, 5) is 56.1. The van der Waals surface area contributed by atoms with Gasteiger partial charge in [0, 0.05) is 20.9 Å². The Bertz CT molecular complexity index is 1140. The molecule has 3 fully saturated rings. The number of aromatic nitrogens is 1. The van der Waals surface area contributed by atoms with Gasteiger partial charge in [0.05, 0.1) is 16.9 Å². The number of carboxylic acid groups (broad SMARTS) is 1. The molecule has 1 saturated heterocycles. The van der Waals surface area contributed by atoms with Gasteiger partial charge in [-0.1, -0.05) is 17.4 Å². The lowest BCUT2D eigenvalue weighted by atomic mass is 9.69. The van der Waals surface area contributed by atoms with Crippen LogP contribution in [0.3, 0.4) is 0 Å². The second-order valence-electron chi connectivity index (χ2n) is 8.54. The van der Waals surface area contributed by atoms with E-state index < -0.39 is 23.8 Å². The average Bonchev–Trinajstić information content (AvgIpc) is 3.48. The maximum Gasteiger partial charge on any atom is 0.326 e. The molecule has 7 nitrogen and oxygen atoms in total. The number of amides is 2. The second kappa shape index (κ2) is 6.30. The van der Waals surface area contributed by atoms with Gasteiger partial charge in [-0.25, -0.2) is 4.79 Å². The summed E-state index contributed by atoms with van der Waals surface area (Å²) in [5.41, 5.74) is 0. The molecule has 0 unspecified atom stereocenters. The highest BCUT2D eigenvalue weighted by Crippen LogP contribution is 2.68. The number of nitrogens with one attached hydrogen (secondary N) is 1. The van der Waals surface area contributed by atoms with Crippen molar-refractivity contribution in [2.24, 2.45) is 29.6 Å². The van der Waals surface area contributed by atoms with Crippen molar-refractivity contribution < 1.29 is 19.5 Å². The van der Waals surface area contributed by atoms with E-state index in [1.807, 2.05) is 11.4 Å². The standard InChI is InChI=1S/C20H18N2O5S3/c1-6(19(25)26)22-17(23)11-7-5-8(12(11)18(22)24)14-10(7)13(9-3-2-4-28-9)15-16(29-14)21-20(27)30-15/h2-4,6-8,10-14H,5H2,1H3,(H,21,27)(H,25,26)/t6-,7-,8-,10-,11-,12+,13-,14-/m1/s1. The quantitative estimate of drug-likeness (QED) is 0.679. The van der Waals surface area contributed by atoms with Crippen LogP contribution in [-0.2, 0) is 14.4 Å². The van der Waals surface area contributed by atoms with Crippen LogP contribution in [0.5, 0.6) is 0 Å². The third kappa shape index (κ3) is 2.27. The lowest BCUT2D eigenvalue weighted by Gasteiger charge is -2.42. The van der Waals surface area contributed by atoms with E-state index in [1.165, 1.54) is 23.1 Å². The van der Waals surface area contributed by atoms with Crippen LogP contribution in [0.25, 0.3) is 0 Å². The number of carbonyl (C=O) groups is 3. The van der Waals surface area contributed by atoms with Gasteiger partial charge in [-0.05, 0) is 42.5 Å². The van der Waals surface area contributed by atoms with Gasteiger partial charge in [0.15, 0.2) is 0 Å². The number of carboxylic acids is 1. The molecule has 6 rings (SSSR count). The predicted molar refractivity (Wildman–Crippen MR) is 112 cm³/mol. The van der Waals surface area contributed by atoms with Crippen molar-refractivity contribution in [3.05, 3.63) is 36.9 Å². The molecule has 0 radical (unpaired) electrons. The fourth-order valence-corrected chi connectivity index (χ4v) is 10.2. The van der Waals surface area contributed by atoms with Crippen LogP contribution < -0.4 is 4.87 Å². The molecule has 0 aromatic carbocycles. The van der Waals surface area contributed by atoms with Crippen LogP contribution in [0.1, 0.15) is 29.0 Å². The molecule has 2 bridgehead atoms. The van der Waals surface area contributed by atoms with Crippen LogP contribution in [0.4, 0.5) is 0 Å². The van der Waals surface area contributed by atoms with Gasteiger partial charge in [0.1, 0.15) is 6.04 Å². The Morgan fingerprint density at radius 2 is 1.97 bits per heavy atom. The second-order valence-corrected chi connectivity index (χ2v) is 11.7. The summed E-state index contributed by atoms with van der Waals surface area (Å²) in [5, 5.41) is 12.4. The number of fused-ring (bicyclic) bond motifs is 9. The van der Waals surface area contributed by atoms with E-state index in [0.29, 0.717) is 0 Å². The van der Waals surface area contributed by atoms with Crippen molar-refractivity contribution in [3.8, 4) is 0 Å². The number of H-pyrrole nitrogens is 1. The molecule has 10 heteroatoms. The molecular formula is C20H18N2O5S3. The largest absolute Gasteiger partial charge is 0.480 e. The van der Waals surface area contributed by atoms with Crippen molar-refractivity contribution in [1.82, 2.24) is 9.88 Å². The van der Waals surface area contributed by atoms with Gasteiger partial charge in [-0.3, -0.25) is 19.3 Å². The van der Waals surface area contributed by atoms with Crippen molar-refractivity contribution >= 4 is 52.2 Å². The van der Waals surface area contributed by atoms with E-state index in [1.54, 1.807) is 23.1 Å². The number of thiazole rings is 1. The third-order valence-electron chi connectivity index (χ3n) is 7.35. The van der Waals surface area contributed by atoms with Crippen molar-refractivity contribution in [3.63, 3.8) is 0 Å². The molecule has 4 heterocycles. The SMILES string of the molecule is C[C@H](C(=O)O)N1C(=O)[C@@H]2[C@@H]3C[C@@H]([C@H]4Sc5[nH]c(=O)sc5[C@H](c5cccs5)[C@@H]34)[C@@H]2C1=O. The zero-order valence-electron chi connectivity index (χ0n) is 15.8. The number of hydrogen-bond acceptors (Lipinski definition) is 7. The van der Waals surface area contributed by atoms with Crippen LogP contribution in [0.15, 0.2) is 27.3 Å². The van der Waals surface area contributed by atoms with Gasteiger partial charge in [0.25, 0.3) is 0 Å². The predicted octanol–water partition coefficient (Wildman–Crippen LogP) is 2.44. The molecule has 0 spiro atoms. The van der Waals surface area contributed by atoms with Gasteiger partial charge in [0.2, 0.25) is 11.8 Å². The fourth-order valence-electron chi connectivity index (χ4n) is 6.32. The molecule has 4 aliphatic rings. The van der Waals surface area contributed by atoms with Crippen LogP contribution in [0.2, 0.25) is 0 Å². The number of aromatic amines is 1. The summed E-state index contributed by atoms with van der Waals surface area (Å²) >= 11 is 4.54. The summed E-state index contributed by atoms with van der Waals surface area (Å²) in [6.07, 6.45) is 0.811. The van der Waals surface area contributed by atoms with Crippen molar-refractivity contribution in [2.75, 3.05) is 0 Å². The average molecular weight is 463 g/mol. The molecular weight excluding hydrogens is 444 g/mol. The Balaban J connectivity index is 1.45. The number of imide groups is 1. The first-order chi connectivity index (χ1) is 14.4. The molecule has 156 valence electrons. The number of rotatable bonds is 3. The number of nitrogens with zero attached hydrogens (tertiary/aromatic N) is 1. The first-order valence-electron chi connectivity index (χ1n) is 9.91. The van der Waals surface area contributed by atoms with E-state index in [-0.39, 0.29) is 45.6 Å². The van der Waals surface area contributed by atoms with E-state index in [2.05, 4.69) is 11.1 Å². The zero-order valence-corrected chi connectivity index (χ0v) is 18.3.